The fourth-order valence-electron chi connectivity index (χ4n) is 1.23. The highest BCUT2D eigenvalue weighted by atomic mass is 16.5. The van der Waals surface area contributed by atoms with Crippen LogP contribution in [0.1, 0.15) is 25.3 Å². The zero-order chi connectivity index (χ0) is 10.8. The predicted molar refractivity (Wildman–Crippen MR) is 53.7 cm³/mol. The molecule has 0 aliphatic carbocycles. The molecule has 0 spiro atoms. The topological polar surface area (TPSA) is 82.8 Å². The van der Waals surface area contributed by atoms with Crippen LogP contribution in [0.25, 0.3) is 11.6 Å². The number of rotatable bonds is 3. The average Bonchev–Trinajstić information content (AvgIpc) is 2.84. The molecule has 0 aliphatic heterocycles. The van der Waals surface area contributed by atoms with Crippen LogP contribution in [0.4, 0.5) is 0 Å². The molecule has 0 saturated carbocycles. The van der Waals surface area contributed by atoms with Gasteiger partial charge in [-0.25, -0.2) is 4.98 Å². The number of imidazole rings is 1. The zero-order valence-corrected chi connectivity index (χ0v) is 8.71. The third kappa shape index (κ3) is 1.75. The van der Waals surface area contributed by atoms with Gasteiger partial charge in [0.15, 0.2) is 5.82 Å². The number of aryl methyl sites for hydroxylation is 1. The van der Waals surface area contributed by atoms with Crippen LogP contribution in [0.2, 0.25) is 0 Å². The monoisotopic (exact) mass is 207 g/mol. The molecule has 80 valence electrons. The molecule has 2 aromatic heterocycles. The Balaban J connectivity index is 2.32. The maximum atomic E-state index is 5.78. The van der Waals surface area contributed by atoms with E-state index in [1.807, 2.05) is 24.7 Å². The summed E-state index contributed by atoms with van der Waals surface area (Å²) in [5.41, 5.74) is 5.78. The van der Waals surface area contributed by atoms with Crippen LogP contribution < -0.4 is 5.73 Å². The quantitative estimate of drug-likeness (QED) is 0.807. The van der Waals surface area contributed by atoms with Gasteiger partial charge in [-0.15, -0.1) is 0 Å². The first-order chi connectivity index (χ1) is 7.22. The van der Waals surface area contributed by atoms with Gasteiger partial charge in [0.1, 0.15) is 0 Å². The lowest BCUT2D eigenvalue weighted by molar-refractivity contribution is 0.352. The third-order valence-electron chi connectivity index (χ3n) is 2.22. The SMILES string of the molecule is CC[C@H](N)c1nc(-c2nccn2C)no1. The van der Waals surface area contributed by atoms with E-state index in [2.05, 4.69) is 15.1 Å². The van der Waals surface area contributed by atoms with Crippen molar-refractivity contribution in [3.05, 3.63) is 18.3 Å². The highest BCUT2D eigenvalue weighted by molar-refractivity contribution is 5.42. The van der Waals surface area contributed by atoms with Gasteiger partial charge >= 0.3 is 0 Å². The standard InChI is InChI=1S/C9H13N5O/c1-3-6(10)9-12-7(13-15-9)8-11-4-5-14(8)2/h4-6H,3,10H2,1-2H3/t6-/m0/s1. The summed E-state index contributed by atoms with van der Waals surface area (Å²) in [6.07, 6.45) is 4.28. The van der Waals surface area contributed by atoms with Crippen molar-refractivity contribution in [1.82, 2.24) is 19.7 Å². The lowest BCUT2D eigenvalue weighted by Gasteiger charge is -1.99. The van der Waals surface area contributed by atoms with E-state index in [1.54, 1.807) is 6.20 Å². The summed E-state index contributed by atoms with van der Waals surface area (Å²) in [5, 5.41) is 3.84. The van der Waals surface area contributed by atoms with Crippen molar-refractivity contribution >= 4 is 0 Å². The second-order valence-corrected chi connectivity index (χ2v) is 3.33. The predicted octanol–water partition coefficient (Wildman–Crippen LogP) is 0.880. The molecule has 2 N–H and O–H groups in total. The molecule has 6 heteroatoms. The number of hydrogen-bond acceptors (Lipinski definition) is 5. The van der Waals surface area contributed by atoms with Gasteiger partial charge in [-0.3, -0.25) is 0 Å². The van der Waals surface area contributed by atoms with Gasteiger partial charge in [0.2, 0.25) is 11.7 Å². The van der Waals surface area contributed by atoms with Crippen LogP contribution in [0.5, 0.6) is 0 Å². The van der Waals surface area contributed by atoms with E-state index >= 15 is 0 Å². The van der Waals surface area contributed by atoms with Gasteiger partial charge in [0.05, 0.1) is 6.04 Å². The van der Waals surface area contributed by atoms with Crippen LogP contribution >= 0.6 is 0 Å². The summed E-state index contributed by atoms with van der Waals surface area (Å²) >= 11 is 0. The Morgan fingerprint density at radius 2 is 2.40 bits per heavy atom. The molecule has 0 bridgehead atoms. The van der Waals surface area contributed by atoms with Gasteiger partial charge in [0, 0.05) is 19.4 Å². The lowest BCUT2D eigenvalue weighted by Crippen LogP contribution is -2.08. The molecule has 15 heavy (non-hydrogen) atoms. The van der Waals surface area contributed by atoms with Crippen molar-refractivity contribution < 1.29 is 4.52 Å². The molecule has 2 aromatic rings. The van der Waals surface area contributed by atoms with Crippen molar-refractivity contribution in [2.45, 2.75) is 19.4 Å². The van der Waals surface area contributed by atoms with E-state index in [0.717, 1.165) is 6.42 Å². The van der Waals surface area contributed by atoms with Crippen LogP contribution in [0, 0.1) is 0 Å². The van der Waals surface area contributed by atoms with Crippen molar-refractivity contribution in [3.8, 4) is 11.6 Å². The lowest BCUT2D eigenvalue weighted by atomic mass is 10.2. The summed E-state index contributed by atoms with van der Waals surface area (Å²) in [7, 11) is 1.87. The smallest absolute Gasteiger partial charge is 0.243 e. The third-order valence-corrected chi connectivity index (χ3v) is 2.22. The normalized spacial score (nSPS) is 13.0. The van der Waals surface area contributed by atoms with E-state index in [-0.39, 0.29) is 6.04 Å². The van der Waals surface area contributed by atoms with Gasteiger partial charge in [0.25, 0.3) is 0 Å². The van der Waals surface area contributed by atoms with E-state index in [9.17, 15) is 0 Å². The Bertz CT molecular complexity index is 447. The molecule has 0 aliphatic rings. The molecule has 2 heterocycles. The van der Waals surface area contributed by atoms with Gasteiger partial charge in [-0.1, -0.05) is 12.1 Å². The first kappa shape index (κ1) is 9.85. The minimum absolute atomic E-state index is 0.202. The van der Waals surface area contributed by atoms with Crippen LogP contribution in [0.3, 0.4) is 0 Å². The molecule has 0 unspecified atom stereocenters. The second-order valence-electron chi connectivity index (χ2n) is 3.33. The average molecular weight is 207 g/mol. The van der Waals surface area contributed by atoms with Crippen LogP contribution in [0.15, 0.2) is 16.9 Å². The minimum Gasteiger partial charge on any atom is -0.337 e. The summed E-state index contributed by atoms with van der Waals surface area (Å²) in [6, 6.07) is -0.202. The van der Waals surface area contributed by atoms with E-state index in [1.165, 1.54) is 0 Å². The highest BCUT2D eigenvalue weighted by Crippen LogP contribution is 2.16. The van der Waals surface area contributed by atoms with Crippen molar-refractivity contribution in [3.63, 3.8) is 0 Å². The largest absolute Gasteiger partial charge is 0.337 e. The van der Waals surface area contributed by atoms with E-state index in [0.29, 0.717) is 17.5 Å². The van der Waals surface area contributed by atoms with E-state index < -0.39 is 0 Å². The van der Waals surface area contributed by atoms with Gasteiger partial charge in [-0.05, 0) is 6.42 Å². The molecule has 0 saturated heterocycles. The second kappa shape index (κ2) is 3.82. The van der Waals surface area contributed by atoms with Crippen molar-refractivity contribution in [2.24, 2.45) is 12.8 Å². The first-order valence-electron chi connectivity index (χ1n) is 4.79. The maximum absolute atomic E-state index is 5.78. The van der Waals surface area contributed by atoms with Gasteiger partial charge in [-0.2, -0.15) is 4.98 Å². The zero-order valence-electron chi connectivity index (χ0n) is 8.71. The fraction of sp³-hybridized carbons (Fsp3) is 0.444. The molecule has 0 aromatic carbocycles. The van der Waals surface area contributed by atoms with Gasteiger partial charge < -0.3 is 14.8 Å². The number of aromatic nitrogens is 4. The highest BCUT2D eigenvalue weighted by Gasteiger charge is 2.15. The minimum atomic E-state index is -0.202. The molecule has 6 nitrogen and oxygen atoms in total. The van der Waals surface area contributed by atoms with Crippen LogP contribution in [-0.4, -0.2) is 19.7 Å². The number of nitrogens with zero attached hydrogens (tertiary/aromatic N) is 4. The molecule has 0 fully saturated rings. The Labute approximate surface area is 87.1 Å². The maximum Gasteiger partial charge on any atom is 0.243 e. The molecule has 2 rings (SSSR count). The molecule has 0 amide bonds. The Morgan fingerprint density at radius 3 is 3.00 bits per heavy atom. The Morgan fingerprint density at radius 1 is 1.60 bits per heavy atom. The molecule has 0 radical (unpaired) electrons. The van der Waals surface area contributed by atoms with Crippen molar-refractivity contribution in [2.75, 3.05) is 0 Å². The molecule has 1 atom stereocenters. The Kier molecular flexibility index (Phi) is 2.51. The fourth-order valence-corrected chi connectivity index (χ4v) is 1.23. The summed E-state index contributed by atoms with van der Waals surface area (Å²) < 4.78 is 6.88. The van der Waals surface area contributed by atoms with Crippen molar-refractivity contribution in [1.29, 1.82) is 0 Å². The van der Waals surface area contributed by atoms with E-state index in [4.69, 9.17) is 10.3 Å². The summed E-state index contributed by atoms with van der Waals surface area (Å²) in [5.74, 6) is 1.60. The summed E-state index contributed by atoms with van der Waals surface area (Å²) in [6.45, 7) is 1.97. The number of nitrogens with two attached hydrogens (primary N) is 1. The number of hydrogen-bond donors (Lipinski definition) is 1. The molecular formula is C9H13N5O. The Hall–Kier alpha value is -1.69. The summed E-state index contributed by atoms with van der Waals surface area (Å²) in [4.78, 5) is 8.32. The first-order valence-corrected chi connectivity index (χ1v) is 4.79. The van der Waals surface area contributed by atoms with Crippen LogP contribution in [-0.2, 0) is 7.05 Å². The molecular weight excluding hydrogens is 194 g/mol.